The van der Waals surface area contributed by atoms with Crippen LogP contribution in [0.3, 0.4) is 0 Å². The van der Waals surface area contributed by atoms with Gasteiger partial charge in [-0.25, -0.2) is 8.42 Å². The first-order valence-electron chi connectivity index (χ1n) is 10.4. The molecule has 2 aromatic rings. The summed E-state index contributed by atoms with van der Waals surface area (Å²) in [5.74, 6) is 0.992. The minimum Gasteiger partial charge on any atom is -0.497 e. The zero-order valence-corrected chi connectivity index (χ0v) is 19.1. The van der Waals surface area contributed by atoms with E-state index in [0.29, 0.717) is 38.3 Å². The van der Waals surface area contributed by atoms with Crippen molar-refractivity contribution in [2.24, 2.45) is 5.92 Å². The van der Waals surface area contributed by atoms with E-state index >= 15 is 0 Å². The van der Waals surface area contributed by atoms with Crippen LogP contribution in [0.5, 0.6) is 11.5 Å². The van der Waals surface area contributed by atoms with Crippen molar-refractivity contribution in [2.45, 2.75) is 24.7 Å². The smallest absolute Gasteiger partial charge is 0.243 e. The molecule has 8 heteroatoms. The molecule has 1 fully saturated rings. The number of aryl methyl sites for hydroxylation is 1. The van der Waals surface area contributed by atoms with Crippen LogP contribution in [0.1, 0.15) is 18.4 Å². The molecule has 1 aliphatic rings. The molecule has 31 heavy (non-hydrogen) atoms. The molecule has 3 rings (SSSR count). The second kappa shape index (κ2) is 10.2. The Bertz CT molecular complexity index is 991. The fourth-order valence-corrected chi connectivity index (χ4v) is 5.22. The maximum atomic E-state index is 13.0. The van der Waals surface area contributed by atoms with E-state index in [1.54, 1.807) is 24.1 Å². The Morgan fingerprint density at radius 2 is 1.87 bits per heavy atom. The second-order valence-corrected chi connectivity index (χ2v) is 9.69. The van der Waals surface area contributed by atoms with Crippen molar-refractivity contribution < 1.29 is 22.7 Å². The molecule has 0 aromatic heterocycles. The third-order valence-electron chi connectivity index (χ3n) is 5.58. The van der Waals surface area contributed by atoms with Gasteiger partial charge in [-0.15, -0.1) is 0 Å². The molecule has 0 saturated carbocycles. The number of carbonyl (C=O) groups excluding carboxylic acids is 1. The number of methoxy groups -OCH3 is 1. The third-order valence-corrected chi connectivity index (χ3v) is 7.46. The van der Waals surface area contributed by atoms with Crippen molar-refractivity contribution in [1.82, 2.24) is 9.21 Å². The number of hydrogen-bond acceptors (Lipinski definition) is 5. The summed E-state index contributed by atoms with van der Waals surface area (Å²) in [5, 5.41) is 0. The van der Waals surface area contributed by atoms with Gasteiger partial charge in [-0.1, -0.05) is 18.2 Å². The topological polar surface area (TPSA) is 76.2 Å². The molecule has 1 aliphatic heterocycles. The Kier molecular flexibility index (Phi) is 7.56. The molecule has 1 amide bonds. The van der Waals surface area contributed by atoms with Crippen LogP contribution in [0, 0.1) is 12.8 Å². The summed E-state index contributed by atoms with van der Waals surface area (Å²) < 4.78 is 38.4. The van der Waals surface area contributed by atoms with Gasteiger partial charge in [0.1, 0.15) is 18.1 Å². The van der Waals surface area contributed by atoms with Gasteiger partial charge in [-0.2, -0.15) is 4.31 Å². The van der Waals surface area contributed by atoms with Gasteiger partial charge in [-0.05, 0) is 55.7 Å². The van der Waals surface area contributed by atoms with E-state index < -0.39 is 10.0 Å². The third kappa shape index (κ3) is 5.57. The molecule has 1 saturated heterocycles. The maximum Gasteiger partial charge on any atom is 0.243 e. The first kappa shape index (κ1) is 23.1. The van der Waals surface area contributed by atoms with Crippen LogP contribution in [0.4, 0.5) is 0 Å². The molecular weight excluding hydrogens is 416 g/mol. The lowest BCUT2D eigenvalue weighted by molar-refractivity contribution is -0.135. The highest BCUT2D eigenvalue weighted by molar-refractivity contribution is 7.89. The quantitative estimate of drug-likeness (QED) is 0.623. The maximum absolute atomic E-state index is 13.0. The number of benzene rings is 2. The fraction of sp³-hybridized carbons (Fsp3) is 0.435. The van der Waals surface area contributed by atoms with E-state index in [1.807, 2.05) is 31.2 Å². The van der Waals surface area contributed by atoms with Gasteiger partial charge >= 0.3 is 0 Å². The monoisotopic (exact) mass is 446 g/mol. The number of likely N-dealkylation sites (N-methyl/N-ethyl adjacent to an activating group) is 1. The lowest BCUT2D eigenvalue weighted by Gasteiger charge is -2.33. The van der Waals surface area contributed by atoms with Crippen LogP contribution >= 0.6 is 0 Å². The second-order valence-electron chi connectivity index (χ2n) is 7.75. The Hall–Kier alpha value is -2.58. The Morgan fingerprint density at radius 3 is 2.55 bits per heavy atom. The van der Waals surface area contributed by atoms with E-state index in [0.717, 1.165) is 11.3 Å². The van der Waals surface area contributed by atoms with Gasteiger partial charge in [0.25, 0.3) is 0 Å². The standard InChI is InChI=1S/C23H30N2O5S/c1-18-7-4-5-9-22(18)30-16-15-24(2)23(26)19-8-6-14-25(17-19)31(27,28)21-12-10-20(29-3)11-13-21/h4-5,7,9-13,19H,6,8,14-17H2,1-3H3. The van der Waals surface area contributed by atoms with Crippen molar-refractivity contribution in [3.05, 3.63) is 54.1 Å². The highest BCUT2D eigenvalue weighted by Gasteiger charge is 2.34. The zero-order valence-electron chi connectivity index (χ0n) is 18.3. The number of piperidine rings is 1. The van der Waals surface area contributed by atoms with Gasteiger partial charge < -0.3 is 14.4 Å². The van der Waals surface area contributed by atoms with Crippen molar-refractivity contribution >= 4 is 15.9 Å². The molecule has 168 valence electrons. The molecule has 0 spiro atoms. The van der Waals surface area contributed by atoms with E-state index in [2.05, 4.69) is 0 Å². The lowest BCUT2D eigenvalue weighted by atomic mass is 9.98. The number of sulfonamides is 1. The molecule has 1 unspecified atom stereocenters. The summed E-state index contributed by atoms with van der Waals surface area (Å²) in [6, 6.07) is 14.1. The first-order chi connectivity index (χ1) is 14.8. The number of ether oxygens (including phenoxy) is 2. The summed E-state index contributed by atoms with van der Waals surface area (Å²) in [7, 11) is -0.383. The van der Waals surface area contributed by atoms with Gasteiger partial charge in [0.2, 0.25) is 15.9 Å². The summed E-state index contributed by atoms with van der Waals surface area (Å²) in [5.41, 5.74) is 1.04. The van der Waals surface area contributed by atoms with Crippen molar-refractivity contribution in [1.29, 1.82) is 0 Å². The van der Waals surface area contributed by atoms with Crippen LogP contribution in [0.15, 0.2) is 53.4 Å². The number of nitrogens with zero attached hydrogens (tertiary/aromatic N) is 2. The number of hydrogen-bond donors (Lipinski definition) is 0. The summed E-state index contributed by atoms with van der Waals surface area (Å²) in [4.78, 5) is 14.8. The van der Waals surface area contributed by atoms with Gasteiger partial charge in [0.05, 0.1) is 24.5 Å². The molecule has 1 heterocycles. The highest BCUT2D eigenvalue weighted by atomic mass is 32.2. The van der Waals surface area contributed by atoms with Crippen LogP contribution in [-0.4, -0.2) is 63.9 Å². The highest BCUT2D eigenvalue weighted by Crippen LogP contribution is 2.26. The van der Waals surface area contributed by atoms with Gasteiger partial charge in [0, 0.05) is 20.1 Å². The van der Waals surface area contributed by atoms with Crippen molar-refractivity contribution in [3.63, 3.8) is 0 Å². The van der Waals surface area contributed by atoms with Crippen molar-refractivity contribution in [2.75, 3.05) is 40.4 Å². The molecule has 2 aromatic carbocycles. The van der Waals surface area contributed by atoms with E-state index in [4.69, 9.17) is 9.47 Å². The summed E-state index contributed by atoms with van der Waals surface area (Å²) in [6.07, 6.45) is 1.33. The minimum absolute atomic E-state index is 0.0528. The zero-order chi connectivity index (χ0) is 22.4. The van der Waals surface area contributed by atoms with Gasteiger partial charge in [-0.3, -0.25) is 4.79 Å². The SMILES string of the molecule is COc1ccc(S(=O)(=O)N2CCCC(C(=O)N(C)CCOc3ccccc3C)C2)cc1. The normalized spacial score (nSPS) is 17.2. The van der Waals surface area contributed by atoms with Crippen LogP contribution in [-0.2, 0) is 14.8 Å². The summed E-state index contributed by atoms with van der Waals surface area (Å²) >= 11 is 0. The number of amides is 1. The number of carbonyl (C=O) groups is 1. The van der Waals surface area contributed by atoms with Crippen LogP contribution in [0.2, 0.25) is 0 Å². The Morgan fingerprint density at radius 1 is 1.16 bits per heavy atom. The van der Waals surface area contributed by atoms with E-state index in [9.17, 15) is 13.2 Å². The molecule has 1 atom stereocenters. The minimum atomic E-state index is -3.65. The Labute approximate surface area is 184 Å². The molecule has 0 aliphatic carbocycles. The molecule has 7 nitrogen and oxygen atoms in total. The average molecular weight is 447 g/mol. The number of para-hydroxylation sites is 1. The molecule has 0 bridgehead atoms. The van der Waals surface area contributed by atoms with E-state index in [-0.39, 0.29) is 23.3 Å². The first-order valence-corrected chi connectivity index (χ1v) is 11.8. The predicted molar refractivity (Wildman–Crippen MR) is 119 cm³/mol. The molecule has 0 N–H and O–H groups in total. The average Bonchev–Trinajstić information content (AvgIpc) is 2.79. The van der Waals surface area contributed by atoms with Crippen LogP contribution < -0.4 is 9.47 Å². The lowest BCUT2D eigenvalue weighted by Crippen LogP contribution is -2.46. The van der Waals surface area contributed by atoms with E-state index in [1.165, 1.54) is 23.5 Å². The van der Waals surface area contributed by atoms with Crippen molar-refractivity contribution in [3.8, 4) is 11.5 Å². The Balaban J connectivity index is 1.58. The fourth-order valence-electron chi connectivity index (χ4n) is 3.69. The molecule has 0 radical (unpaired) electrons. The van der Waals surface area contributed by atoms with Crippen LogP contribution in [0.25, 0.3) is 0 Å². The largest absolute Gasteiger partial charge is 0.497 e. The van der Waals surface area contributed by atoms with Gasteiger partial charge in [0.15, 0.2) is 0 Å². The summed E-state index contributed by atoms with van der Waals surface area (Å²) in [6.45, 7) is 3.40. The predicted octanol–water partition coefficient (Wildman–Crippen LogP) is 2.94. The molecular formula is C23H30N2O5S. The number of rotatable bonds is 8.